The number of anilines is 1. The number of amides is 1. The summed E-state index contributed by atoms with van der Waals surface area (Å²) in [5.41, 5.74) is 0.543. The number of hydrogen-bond acceptors (Lipinski definition) is 4. The average molecular weight is 411 g/mol. The summed E-state index contributed by atoms with van der Waals surface area (Å²) < 4.78 is 33.0. The molecule has 2 N–H and O–H groups in total. The number of rotatable bonds is 9. The van der Waals surface area contributed by atoms with Crippen LogP contribution in [0.15, 0.2) is 53.4 Å². The van der Waals surface area contributed by atoms with E-state index in [9.17, 15) is 13.2 Å². The molecule has 0 unspecified atom stereocenters. The van der Waals surface area contributed by atoms with Crippen molar-refractivity contribution in [3.63, 3.8) is 0 Å². The Morgan fingerprint density at radius 3 is 2.59 bits per heavy atom. The third-order valence-corrected chi connectivity index (χ3v) is 5.28. The highest BCUT2D eigenvalue weighted by atomic mass is 35.5. The van der Waals surface area contributed by atoms with Crippen molar-refractivity contribution in [3.05, 3.63) is 59.1 Å². The highest BCUT2D eigenvalue weighted by molar-refractivity contribution is 7.92. The summed E-state index contributed by atoms with van der Waals surface area (Å²) in [4.78, 5) is 12.2. The third-order valence-electron chi connectivity index (χ3n) is 3.58. The minimum atomic E-state index is -3.86. The molecule has 6 nitrogen and oxygen atoms in total. The first-order valence-electron chi connectivity index (χ1n) is 8.57. The largest absolute Gasteiger partial charge is 0.379 e. The minimum absolute atomic E-state index is 0.0155. The number of benzene rings is 2. The van der Waals surface area contributed by atoms with E-state index in [1.807, 2.05) is 13.8 Å². The number of hydrogen-bond donors (Lipinski definition) is 2. The van der Waals surface area contributed by atoms with Crippen LogP contribution in [0.1, 0.15) is 30.6 Å². The fraction of sp³-hybridized carbons (Fsp3) is 0.316. The highest BCUT2D eigenvalue weighted by Gasteiger charge is 2.17. The van der Waals surface area contributed by atoms with Crippen LogP contribution < -0.4 is 10.0 Å². The number of nitrogens with one attached hydrogen (secondary N) is 2. The van der Waals surface area contributed by atoms with E-state index in [0.29, 0.717) is 24.6 Å². The Balaban J connectivity index is 2.03. The molecule has 2 aromatic rings. The van der Waals surface area contributed by atoms with Crippen molar-refractivity contribution >= 4 is 33.2 Å². The van der Waals surface area contributed by atoms with E-state index < -0.39 is 10.0 Å². The van der Waals surface area contributed by atoms with Crippen LogP contribution >= 0.6 is 11.6 Å². The van der Waals surface area contributed by atoms with Crippen LogP contribution in [0, 0.1) is 0 Å². The Bertz CT molecular complexity index is 885. The number of sulfonamides is 1. The normalized spacial score (nSPS) is 11.4. The molecular weight excluding hydrogens is 388 g/mol. The number of carbonyl (C=O) groups excluding carboxylic acids is 1. The lowest BCUT2D eigenvalue weighted by Crippen LogP contribution is -2.26. The van der Waals surface area contributed by atoms with Crippen LogP contribution in [0.4, 0.5) is 5.69 Å². The number of carbonyl (C=O) groups is 1. The molecule has 27 heavy (non-hydrogen) atoms. The number of ether oxygens (including phenoxy) is 1. The van der Waals surface area contributed by atoms with Gasteiger partial charge in [-0.1, -0.05) is 29.8 Å². The molecule has 0 aliphatic heterocycles. The zero-order valence-electron chi connectivity index (χ0n) is 15.2. The summed E-state index contributed by atoms with van der Waals surface area (Å²) in [5.74, 6) is -0.339. The molecule has 2 rings (SSSR count). The first-order valence-corrected chi connectivity index (χ1v) is 10.4. The standard InChI is InChI=1S/C19H23ClN2O4S/c1-14(2)26-12-6-11-21-19(23)15-7-5-8-16(13-15)27(24,25)22-18-10-4-3-9-17(18)20/h3-5,7-10,13-14,22H,6,11-12H2,1-2H3,(H,21,23). The molecule has 0 heterocycles. The topological polar surface area (TPSA) is 84.5 Å². The van der Waals surface area contributed by atoms with E-state index in [4.69, 9.17) is 16.3 Å². The molecule has 0 radical (unpaired) electrons. The van der Waals surface area contributed by atoms with Crippen molar-refractivity contribution in [2.24, 2.45) is 0 Å². The van der Waals surface area contributed by atoms with E-state index in [1.54, 1.807) is 30.3 Å². The van der Waals surface area contributed by atoms with Gasteiger partial charge in [0.25, 0.3) is 15.9 Å². The zero-order chi connectivity index (χ0) is 19.9. The van der Waals surface area contributed by atoms with Crippen molar-refractivity contribution in [1.29, 1.82) is 0 Å². The second kappa shape index (κ2) is 9.73. The van der Waals surface area contributed by atoms with E-state index >= 15 is 0 Å². The van der Waals surface area contributed by atoms with Gasteiger partial charge in [-0.05, 0) is 50.6 Å². The van der Waals surface area contributed by atoms with Gasteiger partial charge in [0.1, 0.15) is 0 Å². The first-order chi connectivity index (χ1) is 12.8. The average Bonchev–Trinajstić information content (AvgIpc) is 2.63. The van der Waals surface area contributed by atoms with Crippen LogP contribution in [0.25, 0.3) is 0 Å². The molecule has 0 aliphatic carbocycles. The second-order valence-corrected chi connectivity index (χ2v) is 8.23. The van der Waals surface area contributed by atoms with E-state index in [1.165, 1.54) is 18.2 Å². The lowest BCUT2D eigenvalue weighted by atomic mass is 10.2. The maximum Gasteiger partial charge on any atom is 0.261 e. The molecule has 8 heteroatoms. The molecule has 0 bridgehead atoms. The van der Waals surface area contributed by atoms with Gasteiger partial charge in [0.2, 0.25) is 0 Å². The van der Waals surface area contributed by atoms with Crippen molar-refractivity contribution in [2.75, 3.05) is 17.9 Å². The van der Waals surface area contributed by atoms with Gasteiger partial charge in [-0.25, -0.2) is 8.42 Å². The minimum Gasteiger partial charge on any atom is -0.379 e. The zero-order valence-corrected chi connectivity index (χ0v) is 16.8. The lowest BCUT2D eigenvalue weighted by Gasteiger charge is -2.11. The van der Waals surface area contributed by atoms with Gasteiger partial charge in [0.15, 0.2) is 0 Å². The van der Waals surface area contributed by atoms with Crippen molar-refractivity contribution in [2.45, 2.75) is 31.3 Å². The Hall–Kier alpha value is -2.09. The van der Waals surface area contributed by atoms with Crippen molar-refractivity contribution in [1.82, 2.24) is 5.32 Å². The monoisotopic (exact) mass is 410 g/mol. The first kappa shape index (κ1) is 21.2. The number of halogens is 1. The SMILES string of the molecule is CC(C)OCCCNC(=O)c1cccc(S(=O)(=O)Nc2ccccc2Cl)c1. The van der Waals surface area contributed by atoms with Crippen LogP contribution in [-0.2, 0) is 14.8 Å². The maximum atomic E-state index is 12.6. The molecule has 0 aromatic heterocycles. The Morgan fingerprint density at radius 2 is 1.89 bits per heavy atom. The fourth-order valence-corrected chi connectivity index (χ4v) is 3.61. The second-order valence-electron chi connectivity index (χ2n) is 6.14. The van der Waals surface area contributed by atoms with Crippen LogP contribution in [0.3, 0.4) is 0 Å². The Morgan fingerprint density at radius 1 is 1.15 bits per heavy atom. The molecule has 0 atom stereocenters. The predicted octanol–water partition coefficient (Wildman–Crippen LogP) is 3.69. The number of para-hydroxylation sites is 1. The van der Waals surface area contributed by atoms with E-state index in [-0.39, 0.29) is 28.2 Å². The lowest BCUT2D eigenvalue weighted by molar-refractivity contribution is 0.0757. The molecule has 0 fully saturated rings. The fourth-order valence-electron chi connectivity index (χ4n) is 2.25. The Labute approximate surface area is 164 Å². The van der Waals surface area contributed by atoms with Gasteiger partial charge in [-0.2, -0.15) is 0 Å². The van der Waals surface area contributed by atoms with E-state index in [2.05, 4.69) is 10.0 Å². The van der Waals surface area contributed by atoms with Gasteiger partial charge in [-0.3, -0.25) is 9.52 Å². The summed E-state index contributed by atoms with van der Waals surface area (Å²) in [6, 6.07) is 12.4. The van der Waals surface area contributed by atoms with E-state index in [0.717, 1.165) is 0 Å². The van der Waals surface area contributed by atoms with Gasteiger partial charge in [-0.15, -0.1) is 0 Å². The van der Waals surface area contributed by atoms with Crippen LogP contribution in [-0.4, -0.2) is 33.6 Å². The smallest absolute Gasteiger partial charge is 0.261 e. The highest BCUT2D eigenvalue weighted by Crippen LogP contribution is 2.24. The summed E-state index contributed by atoms with van der Waals surface area (Å²) >= 11 is 6.00. The predicted molar refractivity (Wildman–Crippen MR) is 107 cm³/mol. The Kier molecular flexibility index (Phi) is 7.65. The summed E-state index contributed by atoms with van der Waals surface area (Å²) in [6.07, 6.45) is 0.823. The molecular formula is C19H23ClN2O4S. The molecule has 0 saturated carbocycles. The third kappa shape index (κ3) is 6.53. The van der Waals surface area contributed by atoms with Gasteiger partial charge in [0.05, 0.1) is 21.7 Å². The van der Waals surface area contributed by atoms with Crippen molar-refractivity contribution in [3.8, 4) is 0 Å². The molecule has 146 valence electrons. The van der Waals surface area contributed by atoms with Crippen molar-refractivity contribution < 1.29 is 17.9 Å². The van der Waals surface area contributed by atoms with Gasteiger partial charge in [0, 0.05) is 18.7 Å². The molecule has 1 amide bonds. The van der Waals surface area contributed by atoms with Gasteiger partial charge >= 0.3 is 0 Å². The van der Waals surface area contributed by atoms with Gasteiger partial charge < -0.3 is 10.1 Å². The van der Waals surface area contributed by atoms with Crippen LogP contribution in [0.5, 0.6) is 0 Å². The summed E-state index contributed by atoms with van der Waals surface area (Å²) in [5, 5.41) is 3.05. The maximum absolute atomic E-state index is 12.6. The molecule has 0 spiro atoms. The van der Waals surface area contributed by atoms with Crippen LogP contribution in [0.2, 0.25) is 5.02 Å². The molecule has 0 aliphatic rings. The molecule has 0 saturated heterocycles. The quantitative estimate of drug-likeness (QED) is 0.617. The molecule has 2 aromatic carbocycles. The summed E-state index contributed by atoms with van der Waals surface area (Å²) in [6.45, 7) is 4.89. The summed E-state index contributed by atoms with van der Waals surface area (Å²) in [7, 11) is -3.86.